The number of nitrogens with two attached hydrogens (primary N) is 1. The Hall–Kier alpha value is -2.82. The summed E-state index contributed by atoms with van der Waals surface area (Å²) in [4.78, 5) is 41.8. The van der Waals surface area contributed by atoms with E-state index in [0.29, 0.717) is 10.8 Å². The largest absolute Gasteiger partial charge is 0.536 e. The first-order chi connectivity index (χ1) is 19.6. The third-order valence-corrected chi connectivity index (χ3v) is 10.2. The van der Waals surface area contributed by atoms with Gasteiger partial charge in [0.1, 0.15) is 35.9 Å². The maximum absolute atomic E-state index is 12.5. The zero-order valence-corrected chi connectivity index (χ0v) is 24.0. The molecule has 3 heterocycles. The Balaban J connectivity index is 1.22. The Morgan fingerprint density at radius 1 is 0.976 bits per heavy atom. The molecule has 42 heavy (non-hydrogen) atoms. The predicted octanol–water partition coefficient (Wildman–Crippen LogP) is 1.92. The van der Waals surface area contributed by atoms with Gasteiger partial charge >= 0.3 is 23.5 Å². The van der Waals surface area contributed by atoms with Crippen LogP contribution in [0, 0.1) is 6.92 Å². The summed E-state index contributed by atoms with van der Waals surface area (Å²) in [6.07, 6.45) is -3.69. The molecule has 0 spiro atoms. The molecule has 0 amide bonds. The predicted molar refractivity (Wildman–Crippen MR) is 143 cm³/mol. The highest BCUT2D eigenvalue weighted by atomic mass is 31.3. The highest BCUT2D eigenvalue weighted by molar-refractivity contribution is 7.67. The quantitative estimate of drug-likeness (QED) is 0.134. The second kappa shape index (κ2) is 11.4. The Kier molecular flexibility index (Phi) is 8.28. The van der Waals surface area contributed by atoms with Gasteiger partial charge in [0.2, 0.25) is 0 Å². The summed E-state index contributed by atoms with van der Waals surface area (Å²) in [7, 11) is -16.7. The van der Waals surface area contributed by atoms with Crippen LogP contribution in [0.1, 0.15) is 11.8 Å². The number of nitrogens with zero attached hydrogens (tertiary/aromatic N) is 4. The van der Waals surface area contributed by atoms with Crippen molar-refractivity contribution in [3.8, 4) is 5.75 Å². The molecule has 2 aromatic carbocycles. The van der Waals surface area contributed by atoms with Crippen molar-refractivity contribution in [2.24, 2.45) is 0 Å². The maximum atomic E-state index is 12.5. The topological polar surface area (TPSA) is 268 Å². The molecule has 7 atom stereocenters. The number of aliphatic hydroxyl groups excluding tert-OH is 2. The van der Waals surface area contributed by atoms with Crippen LogP contribution in [0.4, 0.5) is 5.82 Å². The van der Waals surface area contributed by atoms with Crippen molar-refractivity contribution in [2.45, 2.75) is 31.5 Å². The Bertz CT molecular complexity index is 1790. The highest BCUT2D eigenvalue weighted by Crippen LogP contribution is 2.67. The van der Waals surface area contributed by atoms with Gasteiger partial charge in [-0.3, -0.25) is 14.0 Å². The first-order valence-electron chi connectivity index (χ1n) is 11.8. The van der Waals surface area contributed by atoms with E-state index in [2.05, 4.69) is 28.1 Å². The van der Waals surface area contributed by atoms with E-state index in [4.69, 9.17) is 15.0 Å². The van der Waals surface area contributed by atoms with E-state index in [1.807, 2.05) is 6.92 Å². The lowest BCUT2D eigenvalue weighted by Gasteiger charge is -2.20. The number of anilines is 1. The van der Waals surface area contributed by atoms with Crippen molar-refractivity contribution in [1.29, 1.82) is 0 Å². The second-order valence-electron chi connectivity index (χ2n) is 9.07. The third-order valence-electron chi connectivity index (χ3n) is 6.02. The van der Waals surface area contributed by atoms with Gasteiger partial charge in [-0.25, -0.2) is 28.6 Å². The number of phosphoric acid groups is 3. The van der Waals surface area contributed by atoms with Gasteiger partial charge in [-0.05, 0) is 18.4 Å². The van der Waals surface area contributed by atoms with E-state index >= 15 is 0 Å². The van der Waals surface area contributed by atoms with Gasteiger partial charge in [0.25, 0.3) is 0 Å². The molecule has 226 valence electrons. The van der Waals surface area contributed by atoms with Crippen LogP contribution in [0.3, 0.4) is 0 Å². The molecular weight excluding hydrogens is 623 g/mol. The summed E-state index contributed by atoms with van der Waals surface area (Å²) < 4.78 is 61.8. The van der Waals surface area contributed by atoms with Crippen molar-refractivity contribution in [3.05, 3.63) is 54.6 Å². The molecule has 0 bridgehead atoms. The molecule has 5 rings (SSSR count). The molecule has 0 radical (unpaired) electrons. The van der Waals surface area contributed by atoms with E-state index in [1.54, 1.807) is 24.3 Å². The fraction of sp³-hybridized carbons (Fsp3) is 0.286. The minimum absolute atomic E-state index is 0.0470. The lowest BCUT2D eigenvalue weighted by molar-refractivity contribution is -0.0503. The van der Waals surface area contributed by atoms with Crippen LogP contribution in [0.2, 0.25) is 0 Å². The van der Waals surface area contributed by atoms with Crippen molar-refractivity contribution >= 4 is 51.2 Å². The van der Waals surface area contributed by atoms with E-state index in [0.717, 1.165) is 11.9 Å². The molecule has 1 aliphatic heterocycles. The molecule has 1 fully saturated rings. The summed E-state index contributed by atoms with van der Waals surface area (Å²) in [5.41, 5.74) is 6.98. The van der Waals surface area contributed by atoms with Crippen molar-refractivity contribution < 1.29 is 61.0 Å². The number of imidazole rings is 1. The molecule has 1 saturated heterocycles. The minimum Gasteiger partial charge on any atom is -0.403 e. The van der Waals surface area contributed by atoms with Crippen LogP contribution in [-0.4, -0.2) is 69.3 Å². The van der Waals surface area contributed by atoms with Gasteiger partial charge in [0.05, 0.1) is 12.9 Å². The van der Waals surface area contributed by atoms with E-state index in [1.165, 1.54) is 23.0 Å². The number of rotatable bonds is 10. The number of benzene rings is 2. The van der Waals surface area contributed by atoms with Crippen molar-refractivity contribution in [1.82, 2.24) is 19.5 Å². The van der Waals surface area contributed by atoms with E-state index < -0.39 is 54.6 Å². The fourth-order valence-corrected chi connectivity index (χ4v) is 7.75. The van der Waals surface area contributed by atoms with Gasteiger partial charge in [0.15, 0.2) is 17.7 Å². The number of hydrogen-bond acceptors (Lipinski definition) is 14. The molecule has 2 aromatic heterocycles. The number of nitrogen functional groups attached to an aromatic ring is 1. The summed E-state index contributed by atoms with van der Waals surface area (Å²) in [5, 5.41) is 21.9. The van der Waals surface area contributed by atoms with Crippen LogP contribution in [0.15, 0.2) is 49.1 Å². The molecule has 7 N–H and O–H groups in total. The van der Waals surface area contributed by atoms with Gasteiger partial charge < -0.3 is 35.0 Å². The van der Waals surface area contributed by atoms with Crippen molar-refractivity contribution in [3.63, 3.8) is 0 Å². The molecule has 0 aliphatic carbocycles. The first kappa shape index (κ1) is 30.6. The van der Waals surface area contributed by atoms with Gasteiger partial charge in [-0.1, -0.05) is 35.9 Å². The monoisotopic (exact) mass is 647 g/mol. The number of aryl methyl sites for hydroxylation is 1. The summed E-state index contributed by atoms with van der Waals surface area (Å²) in [6.45, 7) is 0.879. The number of aromatic nitrogens is 4. The van der Waals surface area contributed by atoms with Crippen LogP contribution in [0.25, 0.3) is 21.9 Å². The number of fused-ring (bicyclic) bond motifs is 2. The van der Waals surface area contributed by atoms with Crippen LogP contribution in [-0.2, 0) is 31.6 Å². The Morgan fingerprint density at radius 2 is 1.71 bits per heavy atom. The van der Waals surface area contributed by atoms with Gasteiger partial charge in [-0.2, -0.15) is 8.62 Å². The molecular formula is C21H24N5O13P3. The molecule has 1 aliphatic rings. The zero-order chi connectivity index (χ0) is 30.4. The number of ether oxygens (including phenoxy) is 1. The molecule has 18 nitrogen and oxygen atoms in total. The molecule has 4 aromatic rings. The summed E-state index contributed by atoms with van der Waals surface area (Å²) in [6, 6.07) is 9.55. The molecule has 21 heteroatoms. The Labute approximate surface area is 236 Å². The standard InChI is InChI=1S/C21H24N5O13P3/c1-11-5-6-13-12(7-11)3-2-4-14(13)37-41(31,32)39-42(33,34)38-40(29,30)35-8-15-17(27)18(28)21(36-15)26-10-25-16-19(22)23-9-24-20(16)26/h2-7,9-10,15,17-18,21,27-28H,8H2,1H3,(H,29,30)(H,31,32)(H,33,34)(H2,22,23,24)/t15-,17-,18-,21-/m1/s1. The average molecular weight is 647 g/mol. The minimum atomic E-state index is -5.78. The summed E-state index contributed by atoms with van der Waals surface area (Å²) in [5.74, 6) is -0.132. The SMILES string of the molecule is Cc1ccc2c(OP(=O)(O)OP(=O)(O)OP(=O)(O)OC[C@H]3O[C@@H](n4cnc5c(N)ncnc54)[C@H](O)[C@@H]3O)cccc2c1. The van der Waals surface area contributed by atoms with Crippen LogP contribution < -0.4 is 10.3 Å². The lowest BCUT2D eigenvalue weighted by atomic mass is 10.1. The lowest BCUT2D eigenvalue weighted by Crippen LogP contribution is -2.33. The van der Waals surface area contributed by atoms with Crippen LogP contribution >= 0.6 is 23.5 Å². The normalized spacial score (nSPS) is 25.2. The number of hydrogen-bond donors (Lipinski definition) is 6. The molecule has 3 unspecified atom stereocenters. The van der Waals surface area contributed by atoms with Crippen molar-refractivity contribution in [2.75, 3.05) is 12.3 Å². The van der Waals surface area contributed by atoms with E-state index in [-0.39, 0.29) is 22.7 Å². The number of aliphatic hydroxyl groups is 2. The average Bonchev–Trinajstić information content (AvgIpc) is 3.43. The Morgan fingerprint density at radius 3 is 2.48 bits per heavy atom. The third kappa shape index (κ3) is 6.55. The van der Waals surface area contributed by atoms with E-state index in [9.17, 15) is 38.6 Å². The zero-order valence-electron chi connectivity index (χ0n) is 21.3. The van der Waals surface area contributed by atoms with Gasteiger partial charge in [-0.15, -0.1) is 0 Å². The summed E-state index contributed by atoms with van der Waals surface area (Å²) >= 11 is 0. The molecule has 0 saturated carbocycles. The maximum Gasteiger partial charge on any atom is 0.536 e. The van der Waals surface area contributed by atoms with Gasteiger partial charge in [0, 0.05) is 5.39 Å². The smallest absolute Gasteiger partial charge is 0.403 e. The fourth-order valence-electron chi connectivity index (χ4n) is 4.21. The van der Waals surface area contributed by atoms with Crippen LogP contribution in [0.5, 0.6) is 5.75 Å². The number of phosphoric ester groups is 2. The second-order valence-corrected chi connectivity index (χ2v) is 13.6. The highest BCUT2D eigenvalue weighted by Gasteiger charge is 2.47. The first-order valence-corrected chi connectivity index (χ1v) is 16.3.